The number of nitrogens with zero attached hydrogens (tertiary/aromatic N) is 2. The van der Waals surface area contributed by atoms with Crippen molar-refractivity contribution in [3.05, 3.63) is 97.1 Å². The summed E-state index contributed by atoms with van der Waals surface area (Å²) in [5.74, 6) is 0.122. The lowest BCUT2D eigenvalue weighted by Crippen LogP contribution is -2.45. The Kier molecular flexibility index (Phi) is 11.9. The zero-order valence-corrected chi connectivity index (χ0v) is 27.9. The first-order valence-electron chi connectivity index (χ1n) is 14.4. The fourth-order valence-electron chi connectivity index (χ4n) is 4.63. The number of halogens is 1. The van der Waals surface area contributed by atoms with Crippen molar-refractivity contribution < 1.29 is 43.0 Å². The molecule has 1 aliphatic heterocycles. The topological polar surface area (TPSA) is 189 Å². The Morgan fingerprint density at radius 2 is 1.83 bits per heavy atom. The number of nitro benzene ring substituents is 1. The zero-order chi connectivity index (χ0) is 34.8. The lowest BCUT2D eigenvalue weighted by molar-refractivity contribution is -0.384. The molecule has 15 nitrogen and oxygen atoms in total. The summed E-state index contributed by atoms with van der Waals surface area (Å²) in [6, 6.07) is 13.0. The maximum atomic E-state index is 12.6. The summed E-state index contributed by atoms with van der Waals surface area (Å²) < 4.78 is 28.1. The fourth-order valence-corrected chi connectivity index (χ4v) is 5.20. The van der Waals surface area contributed by atoms with Crippen LogP contribution in [0.1, 0.15) is 36.6 Å². The molecule has 3 aromatic carbocycles. The molecule has 0 radical (unpaired) electrons. The molecular formula is C32H32BrN5O10. The van der Waals surface area contributed by atoms with Crippen LogP contribution in [0.4, 0.5) is 10.5 Å². The van der Waals surface area contributed by atoms with E-state index in [-0.39, 0.29) is 36.0 Å². The van der Waals surface area contributed by atoms with Crippen molar-refractivity contribution in [3.8, 4) is 23.0 Å². The minimum absolute atomic E-state index is 0.0410. The van der Waals surface area contributed by atoms with Crippen molar-refractivity contribution in [2.75, 3.05) is 27.4 Å². The second kappa shape index (κ2) is 16.3. The molecule has 1 heterocycles. The number of nitro groups is 1. The third-order valence-corrected chi connectivity index (χ3v) is 7.39. The largest absolute Gasteiger partial charge is 0.493 e. The van der Waals surface area contributed by atoms with E-state index in [0.29, 0.717) is 38.4 Å². The number of non-ortho nitro benzene ring substituents is 1. The first-order valence-corrected chi connectivity index (χ1v) is 15.2. The van der Waals surface area contributed by atoms with Gasteiger partial charge in [0.05, 0.1) is 48.1 Å². The van der Waals surface area contributed by atoms with Crippen LogP contribution in [0.25, 0.3) is 0 Å². The Labute approximate surface area is 283 Å². The number of benzene rings is 3. The molecule has 3 amide bonds. The number of allylic oxidation sites excluding steroid dienone is 1. The summed E-state index contributed by atoms with van der Waals surface area (Å²) in [5.41, 5.74) is 4.66. The molecule has 0 unspecified atom stereocenters. The highest BCUT2D eigenvalue weighted by Crippen LogP contribution is 2.37. The molecule has 0 saturated heterocycles. The van der Waals surface area contributed by atoms with Crippen molar-refractivity contribution in [1.29, 1.82) is 0 Å². The van der Waals surface area contributed by atoms with Gasteiger partial charge in [-0.1, -0.05) is 18.2 Å². The number of carbonyl (C=O) groups excluding carboxylic acids is 3. The van der Waals surface area contributed by atoms with E-state index in [9.17, 15) is 24.5 Å². The Morgan fingerprint density at radius 3 is 2.54 bits per heavy atom. The standard InChI is InChI=1S/C32H32BrN5O10/c1-5-46-31(40)28-18(2)35-32(41)36-29(28)21-9-10-24(25(14-21)44-3)47-17-27(39)37-34-15-20-12-23(33)30(26(13-20)45-4)48-16-19-7-6-8-22(11-19)38(42)43/h6-15,29H,5,16-17H2,1-4H3,(H,37,39)(H2,35,36,41)/b34-15-/t29-/m1/s1. The first kappa shape index (κ1) is 35.2. The minimum Gasteiger partial charge on any atom is -0.493 e. The zero-order valence-electron chi connectivity index (χ0n) is 26.3. The Morgan fingerprint density at radius 1 is 1.06 bits per heavy atom. The van der Waals surface area contributed by atoms with E-state index >= 15 is 0 Å². The first-order chi connectivity index (χ1) is 23.0. The summed E-state index contributed by atoms with van der Waals surface area (Å²) in [6.07, 6.45) is 1.40. The maximum absolute atomic E-state index is 12.6. The summed E-state index contributed by atoms with van der Waals surface area (Å²) in [5, 5.41) is 20.3. The van der Waals surface area contributed by atoms with E-state index in [1.165, 1.54) is 32.6 Å². The highest BCUT2D eigenvalue weighted by Gasteiger charge is 2.32. The van der Waals surface area contributed by atoms with Gasteiger partial charge >= 0.3 is 12.0 Å². The molecule has 0 saturated carbocycles. The van der Waals surface area contributed by atoms with Crippen LogP contribution in [0.5, 0.6) is 23.0 Å². The number of carbonyl (C=O) groups is 3. The summed E-state index contributed by atoms with van der Waals surface area (Å²) in [4.78, 5) is 47.9. The van der Waals surface area contributed by atoms with Gasteiger partial charge in [-0.2, -0.15) is 5.10 Å². The molecule has 1 aliphatic rings. The Balaban J connectivity index is 1.37. The molecular weight excluding hydrogens is 694 g/mol. The van der Waals surface area contributed by atoms with E-state index in [1.807, 2.05) is 0 Å². The number of ether oxygens (including phenoxy) is 5. The Hall–Kier alpha value is -5.64. The molecule has 0 spiro atoms. The molecule has 0 bridgehead atoms. The number of hydrogen-bond acceptors (Lipinski definition) is 11. The normalized spacial score (nSPS) is 14.1. The number of methoxy groups -OCH3 is 2. The lowest BCUT2D eigenvalue weighted by Gasteiger charge is -2.28. The van der Waals surface area contributed by atoms with Gasteiger partial charge in [-0.25, -0.2) is 15.0 Å². The number of amides is 3. The smallest absolute Gasteiger partial charge is 0.338 e. The highest BCUT2D eigenvalue weighted by atomic mass is 79.9. The van der Waals surface area contributed by atoms with Gasteiger partial charge < -0.3 is 34.3 Å². The minimum atomic E-state index is -0.800. The second-order valence-electron chi connectivity index (χ2n) is 10.0. The summed E-state index contributed by atoms with van der Waals surface area (Å²) in [7, 11) is 2.88. The quantitative estimate of drug-likeness (QED) is 0.0911. The third kappa shape index (κ3) is 8.79. The van der Waals surface area contributed by atoms with Crippen molar-refractivity contribution in [1.82, 2.24) is 16.1 Å². The average molecular weight is 727 g/mol. The number of nitrogens with one attached hydrogen (secondary N) is 3. The predicted molar refractivity (Wildman–Crippen MR) is 176 cm³/mol. The van der Waals surface area contributed by atoms with Crippen LogP contribution in [0.15, 0.2) is 75.4 Å². The molecule has 0 aliphatic carbocycles. The maximum Gasteiger partial charge on any atom is 0.338 e. The highest BCUT2D eigenvalue weighted by molar-refractivity contribution is 9.10. The number of urea groups is 1. The van der Waals surface area contributed by atoms with Crippen molar-refractivity contribution in [2.24, 2.45) is 5.10 Å². The van der Waals surface area contributed by atoms with Crippen molar-refractivity contribution in [3.63, 3.8) is 0 Å². The Bertz CT molecular complexity index is 1780. The molecule has 48 heavy (non-hydrogen) atoms. The lowest BCUT2D eigenvalue weighted by atomic mass is 9.95. The number of rotatable bonds is 14. The van der Waals surface area contributed by atoms with E-state index in [0.717, 1.165) is 0 Å². The summed E-state index contributed by atoms with van der Waals surface area (Å²) in [6.45, 7) is 3.12. The molecule has 1 atom stereocenters. The molecule has 0 fully saturated rings. The molecule has 3 aromatic rings. The molecule has 16 heteroatoms. The van der Waals surface area contributed by atoms with E-state index < -0.39 is 35.5 Å². The van der Waals surface area contributed by atoms with E-state index in [1.54, 1.807) is 56.3 Å². The van der Waals surface area contributed by atoms with Gasteiger partial charge in [0.25, 0.3) is 11.6 Å². The molecule has 0 aromatic heterocycles. The third-order valence-electron chi connectivity index (χ3n) is 6.80. The number of esters is 1. The molecule has 4 rings (SSSR count). The van der Waals surface area contributed by atoms with E-state index in [4.69, 9.17) is 23.7 Å². The van der Waals surface area contributed by atoms with Crippen LogP contribution in [-0.2, 0) is 20.9 Å². The van der Waals surface area contributed by atoms with Crippen LogP contribution >= 0.6 is 15.9 Å². The van der Waals surface area contributed by atoms with Crippen LogP contribution < -0.4 is 35.0 Å². The van der Waals surface area contributed by atoms with Gasteiger partial charge in [-0.05, 0) is 70.7 Å². The van der Waals surface area contributed by atoms with Gasteiger partial charge in [0.1, 0.15) is 6.61 Å². The van der Waals surface area contributed by atoms with Crippen molar-refractivity contribution in [2.45, 2.75) is 26.5 Å². The predicted octanol–water partition coefficient (Wildman–Crippen LogP) is 4.67. The second-order valence-corrected chi connectivity index (χ2v) is 10.9. The van der Waals surface area contributed by atoms with Gasteiger partial charge in [-0.15, -0.1) is 0 Å². The number of hydrazone groups is 1. The van der Waals surface area contributed by atoms with Gasteiger partial charge in [0, 0.05) is 17.8 Å². The van der Waals surface area contributed by atoms with Crippen molar-refractivity contribution >= 4 is 45.7 Å². The van der Waals surface area contributed by atoms with Gasteiger partial charge in [0.15, 0.2) is 29.6 Å². The van der Waals surface area contributed by atoms with Gasteiger partial charge in [0.2, 0.25) is 0 Å². The molecule has 3 N–H and O–H groups in total. The summed E-state index contributed by atoms with van der Waals surface area (Å²) >= 11 is 3.45. The van der Waals surface area contributed by atoms with Crippen LogP contribution in [0.2, 0.25) is 0 Å². The monoisotopic (exact) mass is 725 g/mol. The van der Waals surface area contributed by atoms with E-state index in [2.05, 4.69) is 37.1 Å². The van der Waals surface area contributed by atoms with Gasteiger partial charge in [-0.3, -0.25) is 14.9 Å². The molecule has 252 valence electrons. The van der Waals surface area contributed by atoms with Crippen LogP contribution in [-0.4, -0.2) is 56.5 Å². The van der Waals surface area contributed by atoms with Crippen LogP contribution in [0.3, 0.4) is 0 Å². The fraction of sp³-hybridized carbons (Fsp3) is 0.250. The van der Waals surface area contributed by atoms with Crippen LogP contribution in [0, 0.1) is 10.1 Å². The number of hydrogen-bond donors (Lipinski definition) is 3. The average Bonchev–Trinajstić information content (AvgIpc) is 3.06. The SMILES string of the molecule is CCOC(=O)C1=C(C)NC(=O)N[C@@H]1c1ccc(OCC(=O)N/N=C\c2cc(Br)c(OCc3cccc([N+](=O)[O-])c3)c(OC)c2)c(OC)c1.